The lowest BCUT2D eigenvalue weighted by molar-refractivity contribution is -0.179. The average Bonchev–Trinajstić information content (AvgIpc) is 3.53. The number of unbranched alkanes of at least 4 members (excludes halogenated alkanes) is 2. The summed E-state index contributed by atoms with van der Waals surface area (Å²) in [7, 11) is 0. The number of rotatable bonds is 8. The van der Waals surface area contributed by atoms with Crippen molar-refractivity contribution in [2.45, 2.75) is 116 Å². The zero-order valence-electron chi connectivity index (χ0n) is 25.0. The molecule has 1 saturated carbocycles. The van der Waals surface area contributed by atoms with Crippen LogP contribution in [0.3, 0.4) is 0 Å². The van der Waals surface area contributed by atoms with Gasteiger partial charge in [0.15, 0.2) is 5.79 Å². The molecule has 9 heteroatoms. The maximum atomic E-state index is 12.6. The Morgan fingerprint density at radius 1 is 1.23 bits per heavy atom. The van der Waals surface area contributed by atoms with Crippen molar-refractivity contribution in [2.24, 2.45) is 0 Å². The summed E-state index contributed by atoms with van der Waals surface area (Å²) in [5.41, 5.74) is 4.13. The van der Waals surface area contributed by atoms with E-state index >= 15 is 0 Å². The quantitative estimate of drug-likeness (QED) is 0.372. The monoisotopic (exact) mass is 553 g/mol. The Kier molecular flexibility index (Phi) is 8.71. The van der Waals surface area contributed by atoms with E-state index in [2.05, 4.69) is 35.8 Å². The maximum Gasteiger partial charge on any atom is 0.410 e. The predicted molar refractivity (Wildman–Crippen MR) is 156 cm³/mol. The summed E-state index contributed by atoms with van der Waals surface area (Å²) in [5.74, 6) is 0.647. The van der Waals surface area contributed by atoms with Gasteiger partial charge in [0.1, 0.15) is 5.60 Å². The van der Waals surface area contributed by atoms with Gasteiger partial charge >= 0.3 is 6.09 Å². The molecule has 2 aliphatic heterocycles. The lowest BCUT2D eigenvalue weighted by atomic mass is 9.83. The van der Waals surface area contributed by atoms with E-state index in [0.29, 0.717) is 44.2 Å². The van der Waals surface area contributed by atoms with Crippen LogP contribution in [0.4, 0.5) is 10.7 Å². The molecule has 0 bridgehead atoms. The van der Waals surface area contributed by atoms with Crippen molar-refractivity contribution < 1.29 is 19.0 Å². The zero-order chi connectivity index (χ0) is 28.3. The third kappa shape index (κ3) is 6.62. The van der Waals surface area contributed by atoms with Gasteiger partial charge in [-0.25, -0.2) is 14.3 Å². The number of hydrogen-bond donors (Lipinski definition) is 1. The average molecular weight is 554 g/mol. The van der Waals surface area contributed by atoms with Gasteiger partial charge in [-0.1, -0.05) is 32.3 Å². The Hall–Kier alpha value is -2.65. The van der Waals surface area contributed by atoms with E-state index in [1.165, 1.54) is 30.5 Å². The van der Waals surface area contributed by atoms with Crippen LogP contribution in [-0.4, -0.2) is 69.3 Å². The molecule has 3 aliphatic rings. The lowest BCUT2D eigenvalue weighted by Crippen LogP contribution is -2.39. The fourth-order valence-electron chi connectivity index (χ4n) is 6.17. The van der Waals surface area contributed by atoms with E-state index < -0.39 is 5.60 Å². The molecule has 9 nitrogen and oxygen atoms in total. The summed E-state index contributed by atoms with van der Waals surface area (Å²) in [5, 5.41) is 8.56. The fraction of sp³-hybridized carbons (Fsp3) is 0.710. The Balaban J connectivity index is 1.39. The second-order valence-corrected chi connectivity index (χ2v) is 12.7. The number of nitrogens with one attached hydrogen (secondary N) is 1. The van der Waals surface area contributed by atoms with Gasteiger partial charge in [0, 0.05) is 49.1 Å². The van der Waals surface area contributed by atoms with Crippen LogP contribution in [0.15, 0.2) is 18.3 Å². The SMILES string of the molecule is CCCCC[C@H](C)Nc1ncc2c(C3=CCN(C(=O)OC(C)(C)C)CC3)cc(C3CCC4(CC3)OCCO4)n2n1. The highest BCUT2D eigenvalue weighted by Gasteiger charge is 2.41. The molecule has 1 atom stereocenters. The molecular formula is C31H47N5O4. The molecule has 40 heavy (non-hydrogen) atoms. The van der Waals surface area contributed by atoms with E-state index in [0.717, 1.165) is 49.6 Å². The van der Waals surface area contributed by atoms with Crippen molar-refractivity contribution in [3.8, 4) is 0 Å². The summed E-state index contributed by atoms with van der Waals surface area (Å²) >= 11 is 0. The van der Waals surface area contributed by atoms with Crippen LogP contribution >= 0.6 is 0 Å². The van der Waals surface area contributed by atoms with Crippen LogP contribution in [0, 0.1) is 0 Å². The Morgan fingerprint density at radius 2 is 1.98 bits per heavy atom. The number of fused-ring (bicyclic) bond motifs is 1. The Labute approximate surface area is 238 Å². The summed E-state index contributed by atoms with van der Waals surface area (Å²) in [6.45, 7) is 12.7. The van der Waals surface area contributed by atoms with Crippen molar-refractivity contribution in [1.29, 1.82) is 0 Å². The maximum absolute atomic E-state index is 12.6. The van der Waals surface area contributed by atoms with Crippen molar-refractivity contribution >= 4 is 23.1 Å². The molecule has 2 aromatic rings. The molecule has 2 fully saturated rings. The molecule has 1 saturated heterocycles. The molecule has 0 unspecified atom stereocenters. The van der Waals surface area contributed by atoms with E-state index in [1.807, 2.05) is 27.0 Å². The van der Waals surface area contributed by atoms with Crippen LogP contribution in [0.25, 0.3) is 11.1 Å². The first kappa shape index (κ1) is 28.9. The van der Waals surface area contributed by atoms with Gasteiger partial charge in [-0.3, -0.25) is 0 Å². The normalized spacial score (nSPS) is 20.6. The van der Waals surface area contributed by atoms with Crippen LogP contribution in [0.2, 0.25) is 0 Å². The second-order valence-electron chi connectivity index (χ2n) is 12.7. The van der Waals surface area contributed by atoms with Crippen LogP contribution < -0.4 is 5.32 Å². The number of aromatic nitrogens is 3. The van der Waals surface area contributed by atoms with Gasteiger partial charge in [0.05, 0.1) is 24.9 Å². The Bertz CT molecular complexity index is 1200. The highest BCUT2D eigenvalue weighted by molar-refractivity contribution is 5.81. The number of anilines is 1. The summed E-state index contributed by atoms with van der Waals surface area (Å²) < 4.78 is 19.7. The standard InChI is InChI=1S/C31H47N5O4/c1-6-7-8-9-22(2)33-28-32-21-27-25(23-12-16-35(17-13-23)29(37)40-30(3,4)5)20-26(36(27)34-28)24-10-14-31(15-11-24)38-18-19-39-31/h12,20-22,24H,6-11,13-19H2,1-5H3,(H,33,34)/t22-/m0/s1. The zero-order valence-corrected chi connectivity index (χ0v) is 25.0. The topological polar surface area (TPSA) is 90.2 Å². The lowest BCUT2D eigenvalue weighted by Gasteiger charge is -2.35. The first-order chi connectivity index (χ1) is 19.2. The van der Waals surface area contributed by atoms with Crippen molar-refractivity contribution in [2.75, 3.05) is 31.6 Å². The highest BCUT2D eigenvalue weighted by atomic mass is 16.7. The third-order valence-electron chi connectivity index (χ3n) is 8.35. The van der Waals surface area contributed by atoms with E-state index in [-0.39, 0.29) is 11.9 Å². The summed E-state index contributed by atoms with van der Waals surface area (Å²) in [6, 6.07) is 2.63. The van der Waals surface area contributed by atoms with Gasteiger partial charge in [-0.2, -0.15) is 0 Å². The predicted octanol–water partition coefficient (Wildman–Crippen LogP) is 6.53. The first-order valence-electron chi connectivity index (χ1n) is 15.3. The van der Waals surface area contributed by atoms with Gasteiger partial charge in [0.25, 0.3) is 0 Å². The number of hydrogen-bond acceptors (Lipinski definition) is 7. The number of carbonyl (C=O) groups is 1. The largest absolute Gasteiger partial charge is 0.444 e. The van der Waals surface area contributed by atoms with Crippen LogP contribution in [-0.2, 0) is 14.2 Å². The molecule has 0 radical (unpaired) electrons. The molecule has 1 aliphatic carbocycles. The summed E-state index contributed by atoms with van der Waals surface area (Å²) in [4.78, 5) is 19.1. The number of amides is 1. The number of nitrogens with zero attached hydrogens (tertiary/aromatic N) is 4. The molecule has 2 aromatic heterocycles. The smallest absolute Gasteiger partial charge is 0.410 e. The van der Waals surface area contributed by atoms with Gasteiger partial charge in [-0.05, 0) is 65.0 Å². The third-order valence-corrected chi connectivity index (χ3v) is 8.35. The van der Waals surface area contributed by atoms with Crippen molar-refractivity contribution in [3.05, 3.63) is 29.6 Å². The van der Waals surface area contributed by atoms with Crippen LogP contribution in [0.5, 0.6) is 0 Å². The minimum absolute atomic E-state index is 0.259. The van der Waals surface area contributed by atoms with E-state index in [1.54, 1.807) is 4.90 Å². The first-order valence-corrected chi connectivity index (χ1v) is 15.3. The Morgan fingerprint density at radius 3 is 2.62 bits per heavy atom. The second kappa shape index (κ2) is 12.1. The van der Waals surface area contributed by atoms with Crippen molar-refractivity contribution in [3.63, 3.8) is 0 Å². The molecule has 0 aromatic carbocycles. The van der Waals surface area contributed by atoms with E-state index in [4.69, 9.17) is 24.3 Å². The molecular weight excluding hydrogens is 506 g/mol. The minimum atomic E-state index is -0.502. The van der Waals surface area contributed by atoms with Gasteiger partial charge in [-0.15, -0.1) is 5.10 Å². The van der Waals surface area contributed by atoms with E-state index in [9.17, 15) is 4.79 Å². The molecule has 1 amide bonds. The minimum Gasteiger partial charge on any atom is -0.444 e. The molecule has 5 rings (SSSR count). The van der Waals surface area contributed by atoms with Gasteiger partial charge < -0.3 is 24.4 Å². The summed E-state index contributed by atoms with van der Waals surface area (Å²) in [6.07, 6.45) is 13.2. The molecule has 1 N–H and O–H groups in total. The fourth-order valence-corrected chi connectivity index (χ4v) is 6.17. The van der Waals surface area contributed by atoms with Crippen LogP contribution in [0.1, 0.15) is 110 Å². The van der Waals surface area contributed by atoms with Gasteiger partial charge in [0.2, 0.25) is 5.95 Å². The molecule has 4 heterocycles. The molecule has 220 valence electrons. The number of ether oxygens (including phenoxy) is 3. The molecule has 1 spiro atoms. The van der Waals surface area contributed by atoms with Crippen molar-refractivity contribution in [1.82, 2.24) is 19.5 Å². The highest BCUT2D eigenvalue weighted by Crippen LogP contribution is 2.43. The number of carbonyl (C=O) groups excluding carboxylic acids is 1.